The van der Waals surface area contributed by atoms with Gasteiger partial charge < -0.3 is 14.0 Å². The zero-order chi connectivity index (χ0) is 21.4. The maximum absolute atomic E-state index is 12.9. The Bertz CT molecular complexity index is 1140. The molecule has 1 aliphatic carbocycles. The fourth-order valence-corrected chi connectivity index (χ4v) is 4.19. The number of rotatable bonds is 7. The first-order valence-corrected chi connectivity index (χ1v) is 10.2. The minimum Gasteiger partial charge on any atom is -0.454 e. The number of ether oxygens (including phenoxy) is 2. The molecule has 1 saturated carbocycles. The monoisotopic (exact) mass is 406 g/mol. The van der Waals surface area contributed by atoms with E-state index in [1.807, 2.05) is 51.1 Å². The molecule has 4 rings (SSSR count). The molecule has 30 heavy (non-hydrogen) atoms. The van der Waals surface area contributed by atoms with Gasteiger partial charge in [-0.15, -0.1) is 0 Å². The van der Waals surface area contributed by atoms with Crippen molar-refractivity contribution in [1.82, 2.24) is 9.55 Å². The zero-order valence-corrected chi connectivity index (χ0v) is 17.8. The highest BCUT2D eigenvalue weighted by Crippen LogP contribution is 2.38. The van der Waals surface area contributed by atoms with Crippen molar-refractivity contribution in [3.8, 4) is 0 Å². The smallest absolute Gasteiger partial charge is 0.340 e. The number of para-hydroxylation sites is 1. The van der Waals surface area contributed by atoms with E-state index < -0.39 is 5.97 Å². The third-order valence-electron chi connectivity index (χ3n) is 5.74. The van der Waals surface area contributed by atoms with Crippen molar-refractivity contribution >= 4 is 22.7 Å². The lowest BCUT2D eigenvalue weighted by Crippen LogP contribution is -2.18. The second-order valence-electron chi connectivity index (χ2n) is 7.89. The van der Waals surface area contributed by atoms with Crippen LogP contribution in [0.5, 0.6) is 0 Å². The van der Waals surface area contributed by atoms with Gasteiger partial charge in [0.15, 0.2) is 6.61 Å². The van der Waals surface area contributed by atoms with Gasteiger partial charge in [-0.25, -0.2) is 9.78 Å². The zero-order valence-electron chi connectivity index (χ0n) is 17.8. The number of carbonyl (C=O) groups is 2. The van der Waals surface area contributed by atoms with E-state index in [4.69, 9.17) is 9.47 Å². The maximum atomic E-state index is 12.9. The summed E-state index contributed by atoms with van der Waals surface area (Å²) in [6, 6.07) is 10.0. The number of hydrogen-bond donors (Lipinski definition) is 0. The fraction of sp³-hybridized carbons (Fsp3) is 0.375. The van der Waals surface area contributed by atoms with E-state index in [-0.39, 0.29) is 19.0 Å². The van der Waals surface area contributed by atoms with Crippen LogP contribution in [0.2, 0.25) is 0 Å². The summed E-state index contributed by atoms with van der Waals surface area (Å²) >= 11 is 0. The molecule has 0 aliphatic heterocycles. The largest absolute Gasteiger partial charge is 0.454 e. The van der Waals surface area contributed by atoms with Crippen LogP contribution in [0.25, 0.3) is 10.9 Å². The number of hydrogen-bond acceptors (Lipinski definition) is 5. The number of nitrogens with zero attached hydrogens (tertiary/aromatic N) is 2. The van der Waals surface area contributed by atoms with E-state index in [9.17, 15) is 9.59 Å². The van der Waals surface area contributed by atoms with Crippen LogP contribution in [0, 0.1) is 20.8 Å². The van der Waals surface area contributed by atoms with Gasteiger partial charge in [-0.1, -0.05) is 18.2 Å². The molecule has 1 aliphatic rings. The van der Waals surface area contributed by atoms with Gasteiger partial charge >= 0.3 is 5.97 Å². The van der Waals surface area contributed by atoms with Gasteiger partial charge in [0.25, 0.3) is 0 Å². The molecule has 6 heteroatoms. The summed E-state index contributed by atoms with van der Waals surface area (Å²) in [5.74, 6) is -0.745. The molecule has 0 atom stereocenters. The summed E-state index contributed by atoms with van der Waals surface area (Å²) in [6.07, 6.45) is 2.30. The molecule has 0 unspecified atom stereocenters. The van der Waals surface area contributed by atoms with Crippen molar-refractivity contribution in [3.05, 3.63) is 64.1 Å². The Morgan fingerprint density at radius 2 is 1.90 bits per heavy atom. The summed E-state index contributed by atoms with van der Waals surface area (Å²) in [5.41, 5.74) is 5.09. The van der Waals surface area contributed by atoms with Crippen LogP contribution in [0.15, 0.2) is 30.3 Å². The number of fused-ring (bicyclic) bond motifs is 1. The minimum absolute atomic E-state index is 0.187. The first-order valence-electron chi connectivity index (χ1n) is 10.2. The lowest BCUT2D eigenvalue weighted by atomic mass is 10.0. The molecule has 3 aromatic rings. The predicted molar refractivity (Wildman–Crippen MR) is 114 cm³/mol. The standard InChI is InChI=1S/C24H26N2O4/c1-14-11-19(16(3)26(14)17-9-10-17)22(27)13-30-24(28)23-15(2)18-7-5-6-8-20(18)25-21(23)12-29-4/h5-8,11,17H,9-10,12-13H2,1-4H3. The summed E-state index contributed by atoms with van der Waals surface area (Å²) in [7, 11) is 1.56. The Balaban J connectivity index is 1.58. The van der Waals surface area contributed by atoms with Crippen molar-refractivity contribution in [2.24, 2.45) is 0 Å². The van der Waals surface area contributed by atoms with Gasteiger partial charge in [-0.05, 0) is 51.3 Å². The second-order valence-corrected chi connectivity index (χ2v) is 7.89. The molecule has 0 radical (unpaired) electrons. The van der Waals surface area contributed by atoms with Gasteiger partial charge in [0.1, 0.15) is 0 Å². The first-order chi connectivity index (χ1) is 14.4. The second kappa shape index (κ2) is 8.03. The number of esters is 1. The SMILES string of the molecule is COCc1nc2ccccc2c(C)c1C(=O)OCC(=O)c1cc(C)n(C2CC2)c1C. The van der Waals surface area contributed by atoms with Gasteiger partial charge in [0.2, 0.25) is 5.78 Å². The number of aryl methyl sites for hydroxylation is 2. The minimum atomic E-state index is -0.554. The van der Waals surface area contributed by atoms with E-state index in [2.05, 4.69) is 9.55 Å². The van der Waals surface area contributed by atoms with Crippen LogP contribution in [-0.4, -0.2) is 35.0 Å². The molecular formula is C24H26N2O4. The molecule has 0 N–H and O–H groups in total. The number of benzene rings is 1. The molecule has 0 saturated heterocycles. The Morgan fingerprint density at radius 3 is 2.60 bits per heavy atom. The molecule has 2 aromatic heterocycles. The Kier molecular flexibility index (Phi) is 5.43. The van der Waals surface area contributed by atoms with E-state index >= 15 is 0 Å². The molecule has 1 fully saturated rings. The van der Waals surface area contributed by atoms with Gasteiger partial charge in [-0.2, -0.15) is 0 Å². The Hall–Kier alpha value is -2.99. The van der Waals surface area contributed by atoms with Crippen LogP contribution in [0.3, 0.4) is 0 Å². The number of methoxy groups -OCH3 is 1. The first kappa shape index (κ1) is 20.3. The number of ketones is 1. The van der Waals surface area contributed by atoms with Crippen LogP contribution in [0.4, 0.5) is 0 Å². The molecule has 2 heterocycles. The Morgan fingerprint density at radius 1 is 1.17 bits per heavy atom. The predicted octanol–water partition coefficient (Wildman–Crippen LogP) is 4.48. The van der Waals surface area contributed by atoms with E-state index in [1.165, 1.54) is 0 Å². The topological polar surface area (TPSA) is 70.4 Å². The summed E-state index contributed by atoms with van der Waals surface area (Å²) in [6.45, 7) is 5.72. The molecule has 156 valence electrons. The van der Waals surface area contributed by atoms with Crippen molar-refractivity contribution in [2.45, 2.75) is 46.3 Å². The lowest BCUT2D eigenvalue weighted by Gasteiger charge is -2.14. The van der Waals surface area contributed by atoms with Crippen molar-refractivity contribution < 1.29 is 19.1 Å². The average molecular weight is 406 g/mol. The van der Waals surface area contributed by atoms with E-state index in [1.54, 1.807) is 7.11 Å². The van der Waals surface area contributed by atoms with Gasteiger partial charge in [0.05, 0.1) is 23.4 Å². The third kappa shape index (κ3) is 3.63. The molecule has 6 nitrogen and oxygen atoms in total. The van der Waals surface area contributed by atoms with E-state index in [0.29, 0.717) is 22.9 Å². The van der Waals surface area contributed by atoms with Crippen molar-refractivity contribution in [2.75, 3.05) is 13.7 Å². The van der Waals surface area contributed by atoms with Crippen LogP contribution < -0.4 is 0 Å². The van der Waals surface area contributed by atoms with Gasteiger partial charge in [-0.3, -0.25) is 4.79 Å². The van der Waals surface area contributed by atoms with Gasteiger partial charge in [0, 0.05) is 35.5 Å². The number of aromatic nitrogens is 2. The lowest BCUT2D eigenvalue weighted by molar-refractivity contribution is 0.0469. The highest BCUT2D eigenvalue weighted by atomic mass is 16.5. The van der Waals surface area contributed by atoms with E-state index in [0.717, 1.165) is 40.7 Å². The highest BCUT2D eigenvalue weighted by molar-refractivity contribution is 6.02. The molecule has 0 spiro atoms. The van der Waals surface area contributed by atoms with Crippen molar-refractivity contribution in [1.29, 1.82) is 0 Å². The summed E-state index contributed by atoms with van der Waals surface area (Å²) in [5, 5.41) is 0.878. The Labute approximate surface area is 175 Å². The number of pyridine rings is 1. The average Bonchev–Trinajstić information content (AvgIpc) is 3.51. The molecule has 0 bridgehead atoms. The third-order valence-corrected chi connectivity index (χ3v) is 5.74. The van der Waals surface area contributed by atoms with Crippen molar-refractivity contribution in [3.63, 3.8) is 0 Å². The molecular weight excluding hydrogens is 380 g/mol. The van der Waals surface area contributed by atoms with Crippen LogP contribution >= 0.6 is 0 Å². The van der Waals surface area contributed by atoms with Crippen LogP contribution in [0.1, 0.15) is 62.2 Å². The quantitative estimate of drug-likeness (QED) is 0.427. The maximum Gasteiger partial charge on any atom is 0.340 e. The summed E-state index contributed by atoms with van der Waals surface area (Å²) < 4.78 is 12.9. The fourth-order valence-electron chi connectivity index (χ4n) is 4.19. The highest BCUT2D eigenvalue weighted by Gasteiger charge is 2.29. The normalized spacial score (nSPS) is 13.6. The molecule has 0 amide bonds. The van der Waals surface area contributed by atoms with Crippen LogP contribution in [-0.2, 0) is 16.1 Å². The number of Topliss-reactive ketones (excluding diaryl/α,β-unsaturated/α-hetero) is 1. The summed E-state index contributed by atoms with van der Waals surface area (Å²) in [4.78, 5) is 30.3. The number of carbonyl (C=O) groups excluding carboxylic acids is 2. The molecule has 1 aromatic carbocycles.